The highest BCUT2D eigenvalue weighted by atomic mass is 32.2. The van der Waals surface area contributed by atoms with Crippen molar-refractivity contribution in [1.29, 1.82) is 0 Å². The van der Waals surface area contributed by atoms with Gasteiger partial charge in [0.2, 0.25) is 10.0 Å². The number of nitrogens with zero attached hydrogens (tertiary/aromatic N) is 1. The summed E-state index contributed by atoms with van der Waals surface area (Å²) in [7, 11) is -3.76. The molecule has 32 heavy (non-hydrogen) atoms. The topological polar surface area (TPSA) is 142 Å². The number of sulfonamides is 1. The molecule has 0 aliphatic carbocycles. The van der Waals surface area contributed by atoms with E-state index in [9.17, 15) is 28.2 Å². The Balaban J connectivity index is 1.67. The molecule has 2 aromatic rings. The Morgan fingerprint density at radius 3 is 2.41 bits per heavy atom. The lowest BCUT2D eigenvalue weighted by molar-refractivity contribution is -0.119. The number of carbonyl (C=O) groups excluding carboxylic acids is 2. The van der Waals surface area contributed by atoms with Crippen molar-refractivity contribution in [3.63, 3.8) is 0 Å². The van der Waals surface area contributed by atoms with Crippen LogP contribution in [-0.4, -0.2) is 67.7 Å². The Labute approximate surface area is 185 Å². The summed E-state index contributed by atoms with van der Waals surface area (Å²) < 4.78 is 37.3. The lowest BCUT2D eigenvalue weighted by Crippen LogP contribution is -2.40. The summed E-state index contributed by atoms with van der Waals surface area (Å²) in [5, 5.41) is 22.1. The number of ether oxygens (including phenoxy) is 2. The number of benzene rings is 2. The third-order valence-corrected chi connectivity index (χ3v) is 7.01. The number of phenols is 2. The maximum atomic E-state index is 12.9. The molecule has 172 valence electrons. The van der Waals surface area contributed by atoms with E-state index in [1.807, 2.05) is 0 Å². The minimum atomic E-state index is -3.76. The molecule has 0 bridgehead atoms. The van der Waals surface area contributed by atoms with Crippen molar-refractivity contribution in [3.05, 3.63) is 47.0 Å². The van der Waals surface area contributed by atoms with Gasteiger partial charge < -0.3 is 25.0 Å². The van der Waals surface area contributed by atoms with E-state index >= 15 is 0 Å². The van der Waals surface area contributed by atoms with E-state index in [2.05, 4.69) is 5.32 Å². The molecule has 10 nitrogen and oxygen atoms in total. The lowest BCUT2D eigenvalue weighted by atomic mass is 10.1. The van der Waals surface area contributed by atoms with Gasteiger partial charge in [-0.15, -0.1) is 0 Å². The Bertz CT molecular complexity index is 1140. The molecule has 0 unspecified atom stereocenters. The first-order chi connectivity index (χ1) is 15.1. The van der Waals surface area contributed by atoms with Crippen LogP contribution in [0.4, 0.5) is 5.69 Å². The van der Waals surface area contributed by atoms with E-state index < -0.39 is 40.0 Å². The number of hydrogen-bond donors (Lipinski definition) is 3. The summed E-state index contributed by atoms with van der Waals surface area (Å²) >= 11 is 0. The smallest absolute Gasteiger partial charge is 0.342 e. The molecule has 3 rings (SSSR count). The van der Waals surface area contributed by atoms with E-state index in [1.54, 1.807) is 19.9 Å². The van der Waals surface area contributed by atoms with Crippen LogP contribution >= 0.6 is 0 Å². The highest BCUT2D eigenvalue weighted by Gasteiger charge is 2.28. The van der Waals surface area contributed by atoms with Gasteiger partial charge in [-0.2, -0.15) is 4.31 Å². The second-order valence-corrected chi connectivity index (χ2v) is 9.15. The second-order valence-electron chi connectivity index (χ2n) is 7.25. The summed E-state index contributed by atoms with van der Waals surface area (Å²) in [6.07, 6.45) is 0. The zero-order valence-corrected chi connectivity index (χ0v) is 18.4. The van der Waals surface area contributed by atoms with Crippen LogP contribution in [0.25, 0.3) is 0 Å². The first kappa shape index (κ1) is 23.5. The molecule has 1 amide bonds. The Morgan fingerprint density at radius 1 is 1.06 bits per heavy atom. The van der Waals surface area contributed by atoms with Crippen LogP contribution in [-0.2, 0) is 24.3 Å². The number of anilines is 1. The summed E-state index contributed by atoms with van der Waals surface area (Å²) in [5.41, 5.74) is 0.837. The van der Waals surface area contributed by atoms with Crippen LogP contribution in [0.2, 0.25) is 0 Å². The summed E-state index contributed by atoms with van der Waals surface area (Å²) in [5.74, 6) is -2.77. The quantitative estimate of drug-likeness (QED) is 0.432. The van der Waals surface area contributed by atoms with Gasteiger partial charge in [0.25, 0.3) is 5.91 Å². The van der Waals surface area contributed by atoms with Gasteiger partial charge in [-0.3, -0.25) is 4.79 Å². The second kappa shape index (κ2) is 9.55. The van der Waals surface area contributed by atoms with E-state index in [0.29, 0.717) is 24.3 Å². The number of carbonyl (C=O) groups is 2. The maximum absolute atomic E-state index is 12.9. The zero-order chi connectivity index (χ0) is 23.5. The van der Waals surface area contributed by atoms with Crippen molar-refractivity contribution in [2.75, 3.05) is 38.2 Å². The van der Waals surface area contributed by atoms with E-state index in [4.69, 9.17) is 9.47 Å². The van der Waals surface area contributed by atoms with Crippen LogP contribution in [0.1, 0.15) is 21.5 Å². The molecular weight excluding hydrogens is 440 g/mol. The predicted octanol–water partition coefficient (Wildman–Crippen LogP) is 1.53. The normalized spacial score (nSPS) is 14.7. The summed E-state index contributed by atoms with van der Waals surface area (Å²) in [6, 6.07) is 7.16. The summed E-state index contributed by atoms with van der Waals surface area (Å²) in [6.45, 7) is 3.65. The van der Waals surface area contributed by atoms with Gasteiger partial charge in [-0.25, -0.2) is 13.2 Å². The van der Waals surface area contributed by atoms with Crippen LogP contribution in [0, 0.1) is 13.8 Å². The molecular formula is C21H24N2O8S. The zero-order valence-electron chi connectivity index (χ0n) is 17.6. The van der Waals surface area contributed by atoms with Gasteiger partial charge in [-0.1, -0.05) is 12.1 Å². The lowest BCUT2D eigenvalue weighted by Gasteiger charge is -2.26. The van der Waals surface area contributed by atoms with E-state index in [-0.39, 0.29) is 29.2 Å². The average Bonchev–Trinajstić information content (AvgIpc) is 2.77. The largest absolute Gasteiger partial charge is 0.504 e. The third kappa shape index (κ3) is 5.01. The molecule has 0 atom stereocenters. The highest BCUT2D eigenvalue weighted by molar-refractivity contribution is 7.89. The number of nitrogens with one attached hydrogen (secondary N) is 1. The van der Waals surface area contributed by atoms with Crippen LogP contribution < -0.4 is 5.32 Å². The predicted molar refractivity (Wildman–Crippen MR) is 114 cm³/mol. The molecule has 1 aliphatic heterocycles. The summed E-state index contributed by atoms with van der Waals surface area (Å²) in [4.78, 5) is 24.4. The number of morpholine rings is 1. The fraction of sp³-hybridized carbons (Fsp3) is 0.333. The molecule has 2 aromatic carbocycles. The number of esters is 1. The minimum absolute atomic E-state index is 0.0641. The molecule has 11 heteroatoms. The SMILES string of the molecule is Cc1ccc(NC(=O)COC(=O)c2ccc(C)c(O)c2O)cc1S(=O)(=O)N1CCOCC1. The number of hydrogen-bond acceptors (Lipinski definition) is 8. The average molecular weight is 464 g/mol. The third-order valence-electron chi connectivity index (χ3n) is 4.97. The van der Waals surface area contributed by atoms with Crippen molar-refractivity contribution in [2.24, 2.45) is 0 Å². The first-order valence-electron chi connectivity index (χ1n) is 9.78. The molecule has 0 radical (unpaired) electrons. The number of rotatable bonds is 6. The van der Waals surface area contributed by atoms with Gasteiger partial charge in [0.15, 0.2) is 18.1 Å². The maximum Gasteiger partial charge on any atom is 0.342 e. The highest BCUT2D eigenvalue weighted by Crippen LogP contribution is 2.32. The fourth-order valence-electron chi connectivity index (χ4n) is 3.13. The van der Waals surface area contributed by atoms with Crippen molar-refractivity contribution in [3.8, 4) is 11.5 Å². The number of aromatic hydroxyl groups is 2. The molecule has 1 aliphatic rings. The molecule has 3 N–H and O–H groups in total. The van der Waals surface area contributed by atoms with Crippen LogP contribution in [0.3, 0.4) is 0 Å². The standard InChI is InChI=1S/C21H24N2O8S/c1-13-3-5-15(11-17(13)32(28,29)23-7-9-30-10-8-23)22-18(24)12-31-21(27)16-6-4-14(2)19(25)20(16)26/h3-6,11,25-26H,7-10,12H2,1-2H3,(H,22,24). The molecule has 0 spiro atoms. The molecule has 0 aromatic heterocycles. The number of aryl methyl sites for hydroxylation is 2. The van der Waals surface area contributed by atoms with Gasteiger partial charge >= 0.3 is 5.97 Å². The number of amides is 1. The Hall–Kier alpha value is -3.15. The fourth-order valence-corrected chi connectivity index (χ4v) is 4.79. The molecule has 0 saturated carbocycles. The van der Waals surface area contributed by atoms with E-state index in [1.165, 1.54) is 28.6 Å². The van der Waals surface area contributed by atoms with Gasteiger partial charge in [0.1, 0.15) is 5.56 Å². The molecule has 1 heterocycles. The van der Waals surface area contributed by atoms with Gasteiger partial charge in [0, 0.05) is 18.8 Å². The molecule has 1 fully saturated rings. The van der Waals surface area contributed by atoms with Crippen molar-refractivity contribution < 1.29 is 37.7 Å². The monoisotopic (exact) mass is 464 g/mol. The van der Waals surface area contributed by atoms with Crippen LogP contribution in [0.5, 0.6) is 11.5 Å². The minimum Gasteiger partial charge on any atom is -0.504 e. The first-order valence-corrected chi connectivity index (χ1v) is 11.2. The van der Waals surface area contributed by atoms with Gasteiger partial charge in [-0.05, 0) is 43.2 Å². The van der Waals surface area contributed by atoms with Crippen molar-refractivity contribution in [2.45, 2.75) is 18.7 Å². The number of phenolic OH excluding ortho intramolecular Hbond substituents is 2. The Kier molecular flexibility index (Phi) is 7.02. The Morgan fingerprint density at radius 2 is 1.72 bits per heavy atom. The van der Waals surface area contributed by atoms with Gasteiger partial charge in [0.05, 0.1) is 18.1 Å². The van der Waals surface area contributed by atoms with Crippen molar-refractivity contribution >= 4 is 27.6 Å². The van der Waals surface area contributed by atoms with E-state index in [0.717, 1.165) is 0 Å². The van der Waals surface area contributed by atoms with Crippen molar-refractivity contribution in [1.82, 2.24) is 4.31 Å². The molecule has 1 saturated heterocycles. The van der Waals surface area contributed by atoms with Crippen LogP contribution in [0.15, 0.2) is 35.2 Å².